The molecule has 0 aliphatic rings. The normalized spacial score (nSPS) is 10.8. The molecule has 0 aliphatic heterocycles. The van der Waals surface area contributed by atoms with Crippen molar-refractivity contribution in [2.75, 3.05) is 0 Å². The van der Waals surface area contributed by atoms with Gasteiger partial charge in [0, 0.05) is 6.07 Å². The number of hydrogen-bond donors (Lipinski definition) is 0. The average Bonchev–Trinajstić information content (AvgIpc) is 3.05. The number of nitrogens with zero attached hydrogens (tertiary/aromatic N) is 6. The lowest BCUT2D eigenvalue weighted by atomic mass is 10.2. The molecule has 3 aromatic heterocycles. The molecule has 3 heterocycles. The van der Waals surface area contributed by atoms with Crippen LogP contribution in [0.3, 0.4) is 0 Å². The van der Waals surface area contributed by atoms with Crippen molar-refractivity contribution in [3.8, 4) is 23.0 Å². The number of pyridine rings is 1. The van der Waals surface area contributed by atoms with Gasteiger partial charge in [0.1, 0.15) is 12.0 Å². The Morgan fingerprint density at radius 1 is 1.08 bits per heavy atom. The SMILES string of the molecule is O=[N+]([O-])c1ncccc1Oc1ccc2nnc(-c3ccccc3F)n2n1. The third kappa shape index (κ3) is 2.69. The van der Waals surface area contributed by atoms with Crippen LogP contribution in [0.5, 0.6) is 11.6 Å². The number of rotatable bonds is 4. The Balaban J connectivity index is 1.78. The van der Waals surface area contributed by atoms with Crippen LogP contribution in [0, 0.1) is 15.9 Å². The van der Waals surface area contributed by atoms with Gasteiger partial charge in [0.2, 0.25) is 11.6 Å². The van der Waals surface area contributed by atoms with Crippen molar-refractivity contribution in [2.45, 2.75) is 0 Å². The van der Waals surface area contributed by atoms with E-state index in [4.69, 9.17) is 4.74 Å². The summed E-state index contributed by atoms with van der Waals surface area (Å²) in [5, 5.41) is 23.1. The van der Waals surface area contributed by atoms with E-state index in [1.54, 1.807) is 24.3 Å². The largest absolute Gasteiger partial charge is 0.429 e. The number of aromatic nitrogens is 5. The van der Waals surface area contributed by atoms with Gasteiger partial charge in [-0.25, -0.2) is 4.39 Å². The monoisotopic (exact) mass is 352 g/mol. The maximum atomic E-state index is 14.0. The molecule has 9 nitrogen and oxygen atoms in total. The van der Waals surface area contributed by atoms with E-state index in [-0.39, 0.29) is 23.0 Å². The first-order valence-corrected chi connectivity index (χ1v) is 7.38. The Morgan fingerprint density at radius 2 is 1.92 bits per heavy atom. The average molecular weight is 352 g/mol. The topological polar surface area (TPSA) is 108 Å². The van der Waals surface area contributed by atoms with Crippen LogP contribution in [0.1, 0.15) is 0 Å². The second-order valence-electron chi connectivity index (χ2n) is 5.13. The fraction of sp³-hybridized carbons (Fsp3) is 0. The third-order valence-electron chi connectivity index (χ3n) is 3.49. The highest BCUT2D eigenvalue weighted by atomic mass is 19.1. The van der Waals surface area contributed by atoms with Gasteiger partial charge in [0.25, 0.3) is 0 Å². The predicted octanol–water partition coefficient (Wildman–Crippen LogP) is 3.03. The summed E-state index contributed by atoms with van der Waals surface area (Å²) in [6, 6.07) is 12.0. The maximum absolute atomic E-state index is 14.0. The molecule has 0 amide bonds. The summed E-state index contributed by atoms with van der Waals surface area (Å²) in [4.78, 5) is 14.1. The zero-order valence-electron chi connectivity index (χ0n) is 13.0. The minimum absolute atomic E-state index is 0.0472. The first kappa shape index (κ1) is 15.6. The van der Waals surface area contributed by atoms with E-state index >= 15 is 0 Å². The number of benzene rings is 1. The van der Waals surface area contributed by atoms with Crippen molar-refractivity contribution < 1.29 is 14.1 Å². The van der Waals surface area contributed by atoms with Gasteiger partial charge in [-0.2, -0.15) is 4.52 Å². The van der Waals surface area contributed by atoms with Crippen molar-refractivity contribution in [1.82, 2.24) is 24.8 Å². The third-order valence-corrected chi connectivity index (χ3v) is 3.49. The van der Waals surface area contributed by atoms with Crippen LogP contribution in [0.25, 0.3) is 17.0 Å². The van der Waals surface area contributed by atoms with Crippen molar-refractivity contribution >= 4 is 11.5 Å². The number of hydrogen-bond acceptors (Lipinski definition) is 7. The molecule has 0 spiro atoms. The Kier molecular flexibility index (Phi) is 3.69. The first-order chi connectivity index (χ1) is 12.6. The number of ether oxygens (including phenoxy) is 1. The quantitative estimate of drug-likeness (QED) is 0.410. The van der Waals surface area contributed by atoms with Gasteiger partial charge >= 0.3 is 5.82 Å². The van der Waals surface area contributed by atoms with Crippen LogP contribution in [0.2, 0.25) is 0 Å². The minimum atomic E-state index is -0.655. The predicted molar refractivity (Wildman–Crippen MR) is 87.1 cm³/mol. The molecule has 0 fully saturated rings. The Bertz CT molecular complexity index is 1130. The van der Waals surface area contributed by atoms with E-state index in [0.717, 1.165) is 0 Å². The number of nitro groups is 1. The summed E-state index contributed by atoms with van der Waals surface area (Å²) in [7, 11) is 0. The molecule has 0 N–H and O–H groups in total. The van der Waals surface area contributed by atoms with Gasteiger partial charge in [-0.05, 0) is 40.2 Å². The highest BCUT2D eigenvalue weighted by molar-refractivity contribution is 5.59. The zero-order chi connectivity index (χ0) is 18.1. The van der Waals surface area contributed by atoms with Crippen molar-refractivity contribution in [3.63, 3.8) is 0 Å². The molecule has 0 saturated heterocycles. The van der Waals surface area contributed by atoms with Crippen LogP contribution >= 0.6 is 0 Å². The van der Waals surface area contributed by atoms with Gasteiger partial charge in [0.05, 0.1) is 5.56 Å². The van der Waals surface area contributed by atoms with E-state index in [1.807, 2.05) is 0 Å². The van der Waals surface area contributed by atoms with Gasteiger partial charge in [-0.1, -0.05) is 12.1 Å². The molecular weight excluding hydrogens is 343 g/mol. The lowest BCUT2D eigenvalue weighted by Crippen LogP contribution is -2.00. The van der Waals surface area contributed by atoms with Crippen molar-refractivity contribution in [1.29, 1.82) is 0 Å². The molecule has 4 aromatic rings. The molecule has 0 radical (unpaired) electrons. The van der Waals surface area contributed by atoms with E-state index in [9.17, 15) is 14.5 Å². The molecule has 128 valence electrons. The molecule has 0 bridgehead atoms. The highest BCUT2D eigenvalue weighted by Crippen LogP contribution is 2.28. The molecule has 0 unspecified atom stereocenters. The summed E-state index contributed by atoms with van der Waals surface area (Å²) in [5.41, 5.74) is 0.591. The van der Waals surface area contributed by atoms with Gasteiger partial charge < -0.3 is 14.9 Å². The number of halogens is 1. The number of fused-ring (bicyclic) bond motifs is 1. The van der Waals surface area contributed by atoms with E-state index in [0.29, 0.717) is 5.65 Å². The smallest absolute Gasteiger partial charge is 0.406 e. The summed E-state index contributed by atoms with van der Waals surface area (Å²) < 4.78 is 20.8. The standard InChI is InChI=1S/C16H9FN6O3/c17-11-5-2-1-4-10(11)15-20-19-13-7-8-14(21-22(13)15)26-12-6-3-9-18-16(12)23(24)25/h1-9H. The van der Waals surface area contributed by atoms with Gasteiger partial charge in [0.15, 0.2) is 11.5 Å². The van der Waals surface area contributed by atoms with Crippen LogP contribution in [-0.4, -0.2) is 29.7 Å². The molecule has 0 atom stereocenters. The lowest BCUT2D eigenvalue weighted by molar-refractivity contribution is -0.390. The molecule has 4 rings (SSSR count). The molecule has 0 aliphatic carbocycles. The van der Waals surface area contributed by atoms with Crippen molar-refractivity contribution in [3.05, 3.63) is 70.7 Å². The summed E-state index contributed by atoms with van der Waals surface area (Å²) in [6.45, 7) is 0. The van der Waals surface area contributed by atoms with Crippen molar-refractivity contribution in [2.24, 2.45) is 0 Å². The zero-order valence-corrected chi connectivity index (χ0v) is 13.0. The fourth-order valence-electron chi connectivity index (χ4n) is 2.35. The summed E-state index contributed by atoms with van der Waals surface area (Å²) >= 11 is 0. The Labute approximate surface area is 144 Å². The molecule has 0 saturated carbocycles. The molecular formula is C16H9FN6O3. The van der Waals surface area contributed by atoms with E-state index < -0.39 is 16.6 Å². The molecule has 26 heavy (non-hydrogen) atoms. The minimum Gasteiger partial charge on any atom is -0.429 e. The summed E-state index contributed by atoms with van der Waals surface area (Å²) in [5.74, 6) is -0.745. The maximum Gasteiger partial charge on any atom is 0.406 e. The first-order valence-electron chi connectivity index (χ1n) is 7.38. The second kappa shape index (κ2) is 6.16. The Hall–Kier alpha value is -3.95. The second-order valence-corrected chi connectivity index (χ2v) is 5.13. The van der Waals surface area contributed by atoms with Gasteiger partial charge in [-0.15, -0.1) is 15.3 Å². The van der Waals surface area contributed by atoms with E-state index in [1.165, 1.54) is 35.0 Å². The lowest BCUT2D eigenvalue weighted by Gasteiger charge is -2.06. The Morgan fingerprint density at radius 3 is 2.73 bits per heavy atom. The fourth-order valence-corrected chi connectivity index (χ4v) is 2.35. The highest BCUT2D eigenvalue weighted by Gasteiger charge is 2.18. The summed E-state index contributed by atoms with van der Waals surface area (Å²) in [6.07, 6.45) is 1.29. The molecule has 10 heteroatoms. The van der Waals surface area contributed by atoms with Gasteiger partial charge in [-0.3, -0.25) is 0 Å². The van der Waals surface area contributed by atoms with Crippen LogP contribution in [0.4, 0.5) is 10.2 Å². The van der Waals surface area contributed by atoms with Crippen LogP contribution in [-0.2, 0) is 0 Å². The van der Waals surface area contributed by atoms with E-state index in [2.05, 4.69) is 20.3 Å². The van der Waals surface area contributed by atoms with Crippen LogP contribution in [0.15, 0.2) is 54.7 Å². The molecule has 1 aromatic carbocycles. The van der Waals surface area contributed by atoms with Crippen LogP contribution < -0.4 is 4.74 Å².